The summed E-state index contributed by atoms with van der Waals surface area (Å²) in [6.45, 7) is 8.85. The fraction of sp³-hybridized carbons (Fsp3) is 0.526. The van der Waals surface area contributed by atoms with Crippen LogP contribution in [0.2, 0.25) is 0 Å². The van der Waals surface area contributed by atoms with Crippen LogP contribution in [0, 0.1) is 23.7 Å². The van der Waals surface area contributed by atoms with E-state index in [2.05, 4.69) is 18.1 Å². The van der Waals surface area contributed by atoms with Crippen molar-refractivity contribution in [2.75, 3.05) is 0 Å². The molecular formula is C19H24N4O2. The summed E-state index contributed by atoms with van der Waals surface area (Å²) in [4.78, 5) is 12.9. The Balaban J connectivity index is 2.16. The average Bonchev–Trinajstić information content (AvgIpc) is 2.85. The van der Waals surface area contributed by atoms with Crippen LogP contribution in [0.25, 0.3) is 0 Å². The molecule has 1 aromatic heterocycles. The number of hydrogen-bond donors (Lipinski definition) is 1. The van der Waals surface area contributed by atoms with Crippen molar-refractivity contribution in [1.29, 1.82) is 5.26 Å². The third kappa shape index (κ3) is 2.95. The van der Waals surface area contributed by atoms with Crippen LogP contribution in [-0.4, -0.2) is 15.6 Å². The van der Waals surface area contributed by atoms with E-state index in [0.29, 0.717) is 29.7 Å². The second-order valence-corrected chi connectivity index (χ2v) is 7.64. The number of rotatable bonds is 3. The van der Waals surface area contributed by atoms with Gasteiger partial charge in [0.25, 0.3) is 0 Å². The molecular weight excluding hydrogens is 316 g/mol. The highest BCUT2D eigenvalue weighted by Gasteiger charge is 2.43. The summed E-state index contributed by atoms with van der Waals surface area (Å²) >= 11 is 0. The molecule has 1 aromatic rings. The second-order valence-electron chi connectivity index (χ2n) is 7.64. The molecule has 2 aliphatic rings. The summed E-state index contributed by atoms with van der Waals surface area (Å²) in [5.74, 6) is 0.242. The van der Waals surface area contributed by atoms with Gasteiger partial charge in [0.2, 0.25) is 5.88 Å². The van der Waals surface area contributed by atoms with Crippen molar-refractivity contribution in [3.63, 3.8) is 0 Å². The fourth-order valence-electron chi connectivity index (χ4n) is 3.76. The van der Waals surface area contributed by atoms with Gasteiger partial charge < -0.3 is 10.5 Å². The lowest BCUT2D eigenvalue weighted by Gasteiger charge is -2.37. The number of nitrogens with zero attached hydrogens (tertiary/aromatic N) is 3. The Kier molecular flexibility index (Phi) is 4.19. The Hall–Kier alpha value is -2.55. The Bertz CT molecular complexity index is 836. The van der Waals surface area contributed by atoms with Crippen LogP contribution in [0.5, 0.6) is 0 Å². The summed E-state index contributed by atoms with van der Waals surface area (Å²) in [5, 5.41) is 14.2. The molecule has 1 aliphatic heterocycles. The summed E-state index contributed by atoms with van der Waals surface area (Å²) < 4.78 is 7.58. The lowest BCUT2D eigenvalue weighted by Crippen LogP contribution is -2.33. The summed E-state index contributed by atoms with van der Waals surface area (Å²) in [7, 11) is 0. The van der Waals surface area contributed by atoms with Crippen molar-refractivity contribution in [2.24, 2.45) is 11.1 Å². The maximum absolute atomic E-state index is 12.9. The number of hydrogen-bond acceptors (Lipinski definition) is 5. The largest absolute Gasteiger partial charge is 0.444 e. The van der Waals surface area contributed by atoms with Crippen LogP contribution in [0.15, 0.2) is 29.0 Å². The van der Waals surface area contributed by atoms with E-state index in [1.54, 1.807) is 0 Å². The summed E-state index contributed by atoms with van der Waals surface area (Å²) in [5.41, 5.74) is 8.40. The molecule has 0 saturated carbocycles. The minimum Gasteiger partial charge on any atom is -0.444 e. The molecule has 2 N–H and O–H groups in total. The first-order chi connectivity index (χ1) is 11.8. The van der Waals surface area contributed by atoms with Crippen molar-refractivity contribution in [3.8, 4) is 6.07 Å². The molecule has 0 spiro atoms. The van der Waals surface area contributed by atoms with Crippen molar-refractivity contribution >= 4 is 5.78 Å². The Morgan fingerprint density at radius 2 is 2.20 bits per heavy atom. The molecule has 0 unspecified atom stereocenters. The predicted molar refractivity (Wildman–Crippen MR) is 93.0 cm³/mol. The van der Waals surface area contributed by atoms with Gasteiger partial charge in [0.05, 0.1) is 11.6 Å². The standard InChI is InChI=1S/C19H24N4O2/c1-5-6-23-10-13(11(2)22-23)16-12(9-20)18(21)25-15-8-19(3,4)7-14(24)17(15)16/h10,16H,5-8,21H2,1-4H3/t16-/m0/s1. The number of carbonyl (C=O) groups is 1. The van der Waals surface area contributed by atoms with Gasteiger partial charge in [0.15, 0.2) is 5.78 Å². The lowest BCUT2D eigenvalue weighted by molar-refractivity contribution is -0.119. The summed E-state index contributed by atoms with van der Waals surface area (Å²) in [6.07, 6.45) is 3.95. The van der Waals surface area contributed by atoms with Gasteiger partial charge in [-0.3, -0.25) is 9.48 Å². The number of allylic oxidation sites excluding steroid dienone is 3. The molecule has 0 fully saturated rings. The fourth-order valence-corrected chi connectivity index (χ4v) is 3.76. The minimum atomic E-state index is -0.483. The quantitative estimate of drug-likeness (QED) is 0.912. The maximum Gasteiger partial charge on any atom is 0.205 e. The van der Waals surface area contributed by atoms with E-state index in [9.17, 15) is 10.1 Å². The van der Waals surface area contributed by atoms with Crippen LogP contribution in [0.3, 0.4) is 0 Å². The molecule has 6 heteroatoms. The first-order valence-electron chi connectivity index (χ1n) is 8.65. The molecule has 0 saturated heterocycles. The number of Topliss-reactive ketones (excluding diaryl/α,β-unsaturated/α-hetero) is 1. The molecule has 2 heterocycles. The monoisotopic (exact) mass is 340 g/mol. The third-order valence-electron chi connectivity index (χ3n) is 4.82. The zero-order valence-corrected chi connectivity index (χ0v) is 15.2. The lowest BCUT2D eigenvalue weighted by atomic mass is 9.70. The Morgan fingerprint density at radius 1 is 1.48 bits per heavy atom. The molecule has 1 aliphatic carbocycles. The molecule has 132 valence electrons. The van der Waals surface area contributed by atoms with E-state index in [-0.39, 0.29) is 17.1 Å². The normalized spacial score (nSPS) is 22.5. The zero-order valence-electron chi connectivity index (χ0n) is 15.2. The van der Waals surface area contributed by atoms with Crippen molar-refractivity contribution in [2.45, 2.75) is 59.4 Å². The van der Waals surface area contributed by atoms with E-state index in [1.807, 2.05) is 31.6 Å². The second kappa shape index (κ2) is 6.07. The van der Waals surface area contributed by atoms with Gasteiger partial charge in [-0.15, -0.1) is 0 Å². The van der Waals surface area contributed by atoms with Crippen LogP contribution < -0.4 is 5.73 Å². The highest BCUT2D eigenvalue weighted by molar-refractivity contribution is 6.00. The number of carbonyl (C=O) groups excluding carboxylic acids is 1. The summed E-state index contributed by atoms with van der Waals surface area (Å²) in [6, 6.07) is 2.15. The highest BCUT2D eigenvalue weighted by atomic mass is 16.5. The van der Waals surface area contributed by atoms with Crippen molar-refractivity contribution in [1.82, 2.24) is 9.78 Å². The SMILES string of the molecule is CCCn1cc([C@@H]2C(C#N)=C(N)OC3=C2C(=O)CC(C)(C)C3)c(C)n1. The first-order valence-corrected chi connectivity index (χ1v) is 8.65. The van der Waals surface area contributed by atoms with E-state index < -0.39 is 5.92 Å². The van der Waals surface area contributed by atoms with Gasteiger partial charge in [-0.05, 0) is 18.8 Å². The van der Waals surface area contributed by atoms with Gasteiger partial charge >= 0.3 is 0 Å². The number of ether oxygens (including phenoxy) is 1. The van der Waals surface area contributed by atoms with E-state index >= 15 is 0 Å². The van der Waals surface area contributed by atoms with E-state index in [4.69, 9.17) is 10.5 Å². The van der Waals surface area contributed by atoms with Crippen LogP contribution >= 0.6 is 0 Å². The van der Waals surface area contributed by atoms with Gasteiger partial charge in [0, 0.05) is 36.7 Å². The molecule has 1 atom stereocenters. The molecule has 6 nitrogen and oxygen atoms in total. The molecule has 3 rings (SSSR count). The van der Waals surface area contributed by atoms with Crippen LogP contribution in [0.1, 0.15) is 57.2 Å². The molecule has 25 heavy (non-hydrogen) atoms. The zero-order chi connectivity index (χ0) is 18.4. The average molecular weight is 340 g/mol. The first kappa shape index (κ1) is 17.3. The van der Waals surface area contributed by atoms with Crippen LogP contribution in [-0.2, 0) is 16.1 Å². The number of aryl methyl sites for hydroxylation is 2. The topological polar surface area (TPSA) is 93.9 Å². The third-order valence-corrected chi connectivity index (χ3v) is 4.82. The molecule has 0 bridgehead atoms. The van der Waals surface area contributed by atoms with Gasteiger partial charge in [-0.25, -0.2) is 0 Å². The van der Waals surface area contributed by atoms with E-state index in [0.717, 1.165) is 24.2 Å². The number of nitrogens with two attached hydrogens (primary N) is 1. The Labute approximate surface area is 147 Å². The van der Waals surface area contributed by atoms with E-state index in [1.165, 1.54) is 0 Å². The number of nitriles is 1. The van der Waals surface area contributed by atoms with Gasteiger partial charge in [-0.2, -0.15) is 10.4 Å². The van der Waals surface area contributed by atoms with Gasteiger partial charge in [0.1, 0.15) is 17.4 Å². The van der Waals surface area contributed by atoms with Crippen molar-refractivity contribution in [3.05, 3.63) is 40.2 Å². The maximum atomic E-state index is 12.9. The highest BCUT2D eigenvalue weighted by Crippen LogP contribution is 2.48. The minimum absolute atomic E-state index is 0.0270. The Morgan fingerprint density at radius 3 is 2.84 bits per heavy atom. The number of aromatic nitrogens is 2. The van der Waals surface area contributed by atoms with Crippen LogP contribution in [0.4, 0.5) is 0 Å². The molecule has 0 amide bonds. The number of ketones is 1. The van der Waals surface area contributed by atoms with Crippen molar-refractivity contribution < 1.29 is 9.53 Å². The predicted octanol–water partition coefficient (Wildman–Crippen LogP) is 3.05. The van der Waals surface area contributed by atoms with Gasteiger partial charge in [-0.1, -0.05) is 20.8 Å². The molecule has 0 aromatic carbocycles. The molecule has 0 radical (unpaired) electrons. The smallest absolute Gasteiger partial charge is 0.205 e.